The van der Waals surface area contributed by atoms with Gasteiger partial charge in [0.25, 0.3) is 0 Å². The average Bonchev–Trinajstić information content (AvgIpc) is 2.28. The molecule has 1 rings (SSSR count). The van der Waals surface area contributed by atoms with Gasteiger partial charge in [-0.05, 0) is 38.6 Å². The van der Waals surface area contributed by atoms with Crippen molar-refractivity contribution in [3.8, 4) is 5.75 Å². The maximum absolute atomic E-state index is 5.88. The van der Waals surface area contributed by atoms with Crippen molar-refractivity contribution in [1.82, 2.24) is 4.90 Å². The summed E-state index contributed by atoms with van der Waals surface area (Å²) in [6, 6.07) is 5.90. The van der Waals surface area contributed by atoms with Crippen LogP contribution in [0.4, 0.5) is 5.69 Å². The molecule has 4 nitrogen and oxygen atoms in total. The van der Waals surface area contributed by atoms with Crippen LogP contribution in [-0.4, -0.2) is 38.3 Å². The van der Waals surface area contributed by atoms with Gasteiger partial charge in [-0.25, -0.2) is 0 Å². The third-order valence-corrected chi connectivity index (χ3v) is 2.67. The number of methoxy groups -OCH3 is 1. The molecule has 0 bridgehead atoms. The van der Waals surface area contributed by atoms with Gasteiger partial charge in [-0.3, -0.25) is 4.90 Å². The first-order valence-electron chi connectivity index (χ1n) is 6.25. The SMILES string of the molecule is COc1ccc(CN(C)CCOC(C)C)cc1N. The number of hydrogen-bond donors (Lipinski definition) is 1. The molecule has 0 aliphatic heterocycles. The molecule has 0 saturated carbocycles. The number of likely N-dealkylation sites (N-methyl/N-ethyl adjacent to an activating group) is 1. The van der Waals surface area contributed by atoms with Crippen LogP contribution in [0.15, 0.2) is 18.2 Å². The van der Waals surface area contributed by atoms with Crippen LogP contribution in [0.25, 0.3) is 0 Å². The molecule has 4 heteroatoms. The van der Waals surface area contributed by atoms with E-state index in [1.54, 1.807) is 7.11 Å². The highest BCUT2D eigenvalue weighted by Gasteiger charge is 2.04. The molecule has 1 aromatic rings. The Labute approximate surface area is 110 Å². The van der Waals surface area contributed by atoms with Crippen LogP contribution in [0, 0.1) is 0 Å². The van der Waals surface area contributed by atoms with E-state index in [0.717, 1.165) is 25.4 Å². The first-order chi connectivity index (χ1) is 8.52. The minimum absolute atomic E-state index is 0.287. The fourth-order valence-electron chi connectivity index (χ4n) is 1.72. The van der Waals surface area contributed by atoms with E-state index in [-0.39, 0.29) is 6.10 Å². The molecule has 0 atom stereocenters. The van der Waals surface area contributed by atoms with Crippen molar-refractivity contribution in [3.63, 3.8) is 0 Å². The highest BCUT2D eigenvalue weighted by molar-refractivity contribution is 5.54. The summed E-state index contributed by atoms with van der Waals surface area (Å²) in [5.74, 6) is 0.726. The zero-order chi connectivity index (χ0) is 13.5. The highest BCUT2D eigenvalue weighted by Crippen LogP contribution is 2.22. The highest BCUT2D eigenvalue weighted by atomic mass is 16.5. The predicted octanol–water partition coefficient (Wildman–Crippen LogP) is 2.13. The first kappa shape index (κ1) is 14.8. The predicted molar refractivity (Wildman–Crippen MR) is 74.8 cm³/mol. The molecule has 1 aromatic carbocycles. The molecular weight excluding hydrogens is 228 g/mol. The van der Waals surface area contributed by atoms with Gasteiger partial charge in [-0.2, -0.15) is 0 Å². The van der Waals surface area contributed by atoms with Gasteiger partial charge >= 0.3 is 0 Å². The van der Waals surface area contributed by atoms with Gasteiger partial charge in [0.1, 0.15) is 5.75 Å². The topological polar surface area (TPSA) is 47.7 Å². The van der Waals surface area contributed by atoms with Crippen molar-refractivity contribution in [2.24, 2.45) is 0 Å². The Kier molecular flexibility index (Phi) is 5.95. The van der Waals surface area contributed by atoms with Gasteiger partial charge in [0.2, 0.25) is 0 Å². The minimum Gasteiger partial charge on any atom is -0.495 e. The van der Waals surface area contributed by atoms with E-state index in [0.29, 0.717) is 5.69 Å². The maximum Gasteiger partial charge on any atom is 0.141 e. The lowest BCUT2D eigenvalue weighted by atomic mass is 10.2. The van der Waals surface area contributed by atoms with Gasteiger partial charge in [-0.1, -0.05) is 6.07 Å². The second kappa shape index (κ2) is 7.24. The van der Waals surface area contributed by atoms with Crippen molar-refractivity contribution >= 4 is 5.69 Å². The summed E-state index contributed by atoms with van der Waals surface area (Å²) in [6.45, 7) is 6.61. The van der Waals surface area contributed by atoms with E-state index in [4.69, 9.17) is 15.2 Å². The Hall–Kier alpha value is -1.26. The Morgan fingerprint density at radius 1 is 1.33 bits per heavy atom. The number of nitrogens with zero attached hydrogens (tertiary/aromatic N) is 1. The molecule has 0 aromatic heterocycles. The number of benzene rings is 1. The molecule has 0 amide bonds. The van der Waals surface area contributed by atoms with E-state index < -0.39 is 0 Å². The van der Waals surface area contributed by atoms with Crippen LogP contribution >= 0.6 is 0 Å². The van der Waals surface area contributed by atoms with Gasteiger partial charge in [0, 0.05) is 13.1 Å². The van der Waals surface area contributed by atoms with E-state index in [1.807, 2.05) is 32.0 Å². The van der Waals surface area contributed by atoms with Crippen LogP contribution in [-0.2, 0) is 11.3 Å². The van der Waals surface area contributed by atoms with Crippen LogP contribution in [0.3, 0.4) is 0 Å². The van der Waals surface area contributed by atoms with E-state index in [2.05, 4.69) is 11.9 Å². The Morgan fingerprint density at radius 3 is 2.61 bits per heavy atom. The number of hydrogen-bond acceptors (Lipinski definition) is 4. The molecule has 0 aliphatic rings. The van der Waals surface area contributed by atoms with Gasteiger partial charge in [-0.15, -0.1) is 0 Å². The van der Waals surface area contributed by atoms with E-state index in [1.165, 1.54) is 5.56 Å². The van der Waals surface area contributed by atoms with Gasteiger partial charge < -0.3 is 15.2 Å². The second-order valence-electron chi connectivity index (χ2n) is 4.73. The van der Waals surface area contributed by atoms with E-state index >= 15 is 0 Å². The van der Waals surface area contributed by atoms with Crippen LogP contribution in [0.1, 0.15) is 19.4 Å². The summed E-state index contributed by atoms with van der Waals surface area (Å²) in [5, 5.41) is 0. The molecule has 0 spiro atoms. The summed E-state index contributed by atoms with van der Waals surface area (Å²) >= 11 is 0. The smallest absolute Gasteiger partial charge is 0.141 e. The zero-order valence-electron chi connectivity index (χ0n) is 11.8. The average molecular weight is 252 g/mol. The molecule has 0 heterocycles. The minimum atomic E-state index is 0.287. The maximum atomic E-state index is 5.88. The second-order valence-corrected chi connectivity index (χ2v) is 4.73. The Bertz CT molecular complexity index is 367. The molecule has 102 valence electrons. The van der Waals surface area contributed by atoms with Crippen molar-refractivity contribution in [2.45, 2.75) is 26.5 Å². The molecule has 18 heavy (non-hydrogen) atoms. The largest absolute Gasteiger partial charge is 0.495 e. The number of anilines is 1. The molecular formula is C14H24N2O2. The zero-order valence-corrected chi connectivity index (χ0v) is 11.8. The molecule has 0 fully saturated rings. The summed E-state index contributed by atoms with van der Waals surface area (Å²) in [6.07, 6.45) is 0.287. The Morgan fingerprint density at radius 2 is 2.06 bits per heavy atom. The third-order valence-electron chi connectivity index (χ3n) is 2.67. The quantitative estimate of drug-likeness (QED) is 0.755. The van der Waals surface area contributed by atoms with E-state index in [9.17, 15) is 0 Å². The molecule has 0 radical (unpaired) electrons. The molecule has 0 aliphatic carbocycles. The van der Waals surface area contributed by atoms with Crippen LogP contribution < -0.4 is 10.5 Å². The fourth-order valence-corrected chi connectivity index (χ4v) is 1.72. The van der Waals surface area contributed by atoms with Crippen molar-refractivity contribution in [3.05, 3.63) is 23.8 Å². The van der Waals surface area contributed by atoms with Crippen LogP contribution in [0.5, 0.6) is 5.75 Å². The Balaban J connectivity index is 2.44. The molecule has 0 unspecified atom stereocenters. The monoisotopic (exact) mass is 252 g/mol. The number of nitrogen functional groups attached to an aromatic ring is 1. The van der Waals surface area contributed by atoms with Crippen LogP contribution in [0.2, 0.25) is 0 Å². The lowest BCUT2D eigenvalue weighted by molar-refractivity contribution is 0.0627. The summed E-state index contributed by atoms with van der Waals surface area (Å²) in [7, 11) is 3.70. The lowest BCUT2D eigenvalue weighted by Crippen LogP contribution is -2.24. The summed E-state index contributed by atoms with van der Waals surface area (Å²) in [5.41, 5.74) is 7.74. The number of ether oxygens (including phenoxy) is 2. The summed E-state index contributed by atoms with van der Waals surface area (Å²) in [4.78, 5) is 2.21. The first-order valence-corrected chi connectivity index (χ1v) is 6.25. The van der Waals surface area contributed by atoms with Crippen molar-refractivity contribution in [2.75, 3.05) is 33.0 Å². The number of nitrogens with two attached hydrogens (primary N) is 1. The summed E-state index contributed by atoms with van der Waals surface area (Å²) < 4.78 is 10.7. The van der Waals surface area contributed by atoms with Gasteiger partial charge in [0.15, 0.2) is 0 Å². The van der Waals surface area contributed by atoms with Gasteiger partial charge in [0.05, 0.1) is 25.5 Å². The normalized spacial score (nSPS) is 11.2. The van der Waals surface area contributed by atoms with Crippen molar-refractivity contribution in [1.29, 1.82) is 0 Å². The van der Waals surface area contributed by atoms with Crippen molar-refractivity contribution < 1.29 is 9.47 Å². The molecule has 2 N–H and O–H groups in total. The standard InChI is InChI=1S/C14H24N2O2/c1-11(2)18-8-7-16(3)10-12-5-6-14(17-4)13(15)9-12/h5-6,9,11H,7-8,10,15H2,1-4H3. The lowest BCUT2D eigenvalue weighted by Gasteiger charge is -2.18. The third kappa shape index (κ3) is 4.94. The fraction of sp³-hybridized carbons (Fsp3) is 0.571. The molecule has 0 saturated heterocycles. The number of rotatable bonds is 7.